The first-order valence-corrected chi connectivity index (χ1v) is 9.22. The van der Waals surface area contributed by atoms with Crippen molar-refractivity contribution in [3.8, 4) is 0 Å². The Balaban J connectivity index is 1.60. The molecule has 0 heterocycles. The van der Waals surface area contributed by atoms with Crippen LogP contribution in [0.25, 0.3) is 0 Å². The second-order valence-corrected chi connectivity index (χ2v) is 8.27. The number of benzene rings is 1. The van der Waals surface area contributed by atoms with E-state index in [4.69, 9.17) is 11.6 Å². The Kier molecular flexibility index (Phi) is 3.87. The fourth-order valence-corrected chi connectivity index (χ4v) is 5.98. The molecule has 2 nitrogen and oxygen atoms in total. The van der Waals surface area contributed by atoms with Crippen LogP contribution in [0.1, 0.15) is 38.5 Å². The largest absolute Gasteiger partial charge is 0.311 e. The summed E-state index contributed by atoms with van der Waals surface area (Å²) >= 11 is 5.85. The SMILES string of the molecule is O=C(CCl)N(CC12CC3CC(CC(C3)C1)C2)c1ccc(F)cc1. The van der Waals surface area contributed by atoms with Crippen molar-refractivity contribution in [3.05, 3.63) is 30.1 Å². The van der Waals surface area contributed by atoms with Crippen LogP contribution in [-0.2, 0) is 4.79 Å². The lowest BCUT2D eigenvalue weighted by Crippen LogP contribution is -2.52. The molecule has 0 atom stereocenters. The average Bonchev–Trinajstić information content (AvgIpc) is 2.51. The summed E-state index contributed by atoms with van der Waals surface area (Å²) in [5, 5.41) is 0. The van der Waals surface area contributed by atoms with Crippen LogP contribution >= 0.6 is 11.6 Å². The Hall–Kier alpha value is -1.09. The number of alkyl halides is 1. The molecule has 4 heteroatoms. The molecule has 4 bridgehead atoms. The highest BCUT2D eigenvalue weighted by atomic mass is 35.5. The molecular formula is C19H23ClFNO. The Morgan fingerprint density at radius 2 is 1.61 bits per heavy atom. The van der Waals surface area contributed by atoms with E-state index in [1.807, 2.05) is 0 Å². The lowest BCUT2D eigenvalue weighted by atomic mass is 9.49. The second kappa shape index (κ2) is 5.77. The molecular weight excluding hydrogens is 313 g/mol. The van der Waals surface area contributed by atoms with E-state index in [1.165, 1.54) is 50.7 Å². The van der Waals surface area contributed by atoms with Gasteiger partial charge in [0.1, 0.15) is 11.7 Å². The van der Waals surface area contributed by atoms with Crippen molar-refractivity contribution in [3.63, 3.8) is 0 Å². The molecule has 0 spiro atoms. The molecule has 5 rings (SSSR count). The standard InChI is InChI=1S/C19H23ClFNO/c20-11-18(23)22(17-3-1-16(21)2-4-17)12-19-8-13-5-14(9-19)7-15(6-13)10-19/h1-4,13-15H,5-12H2. The van der Waals surface area contributed by atoms with E-state index >= 15 is 0 Å². The summed E-state index contributed by atoms with van der Waals surface area (Å²) in [7, 11) is 0. The number of hydrogen-bond donors (Lipinski definition) is 0. The summed E-state index contributed by atoms with van der Waals surface area (Å²) in [6, 6.07) is 6.23. The molecule has 23 heavy (non-hydrogen) atoms. The summed E-state index contributed by atoms with van der Waals surface area (Å²) in [4.78, 5) is 14.2. The number of nitrogens with zero attached hydrogens (tertiary/aromatic N) is 1. The van der Waals surface area contributed by atoms with E-state index in [1.54, 1.807) is 17.0 Å². The first-order chi connectivity index (χ1) is 11.1. The van der Waals surface area contributed by atoms with Crippen LogP contribution in [0.4, 0.5) is 10.1 Å². The van der Waals surface area contributed by atoms with Crippen LogP contribution in [-0.4, -0.2) is 18.3 Å². The molecule has 1 aromatic rings. The van der Waals surface area contributed by atoms with Crippen molar-refractivity contribution in [2.45, 2.75) is 38.5 Å². The van der Waals surface area contributed by atoms with E-state index in [-0.39, 0.29) is 23.0 Å². The fourth-order valence-electron chi connectivity index (χ4n) is 5.84. The summed E-state index contributed by atoms with van der Waals surface area (Å²) in [5.74, 6) is 2.17. The third-order valence-electron chi connectivity index (χ3n) is 6.21. The van der Waals surface area contributed by atoms with Gasteiger partial charge in [-0.2, -0.15) is 0 Å². The van der Waals surface area contributed by atoms with E-state index in [2.05, 4.69) is 0 Å². The topological polar surface area (TPSA) is 20.3 Å². The van der Waals surface area contributed by atoms with Gasteiger partial charge in [0.15, 0.2) is 0 Å². The van der Waals surface area contributed by atoms with Gasteiger partial charge in [-0.15, -0.1) is 11.6 Å². The van der Waals surface area contributed by atoms with Gasteiger partial charge in [0.2, 0.25) is 5.91 Å². The maximum Gasteiger partial charge on any atom is 0.241 e. The first kappa shape index (κ1) is 15.4. The van der Waals surface area contributed by atoms with Gasteiger partial charge in [-0.25, -0.2) is 4.39 Å². The summed E-state index contributed by atoms with van der Waals surface area (Å²) < 4.78 is 13.2. The molecule has 124 valence electrons. The zero-order valence-electron chi connectivity index (χ0n) is 13.3. The van der Waals surface area contributed by atoms with Crippen molar-refractivity contribution >= 4 is 23.2 Å². The minimum Gasteiger partial charge on any atom is -0.311 e. The highest BCUT2D eigenvalue weighted by molar-refractivity contribution is 6.29. The van der Waals surface area contributed by atoms with Gasteiger partial charge in [-0.05, 0) is 86.0 Å². The van der Waals surface area contributed by atoms with Crippen molar-refractivity contribution in [1.29, 1.82) is 0 Å². The molecule has 0 saturated heterocycles. The van der Waals surface area contributed by atoms with E-state index in [0.29, 0.717) is 0 Å². The number of halogens is 2. The van der Waals surface area contributed by atoms with Gasteiger partial charge in [0.25, 0.3) is 0 Å². The van der Waals surface area contributed by atoms with Crippen LogP contribution in [0.15, 0.2) is 24.3 Å². The van der Waals surface area contributed by atoms with E-state index < -0.39 is 0 Å². The molecule has 0 unspecified atom stereocenters. The van der Waals surface area contributed by atoms with Crippen LogP contribution in [0.3, 0.4) is 0 Å². The quantitative estimate of drug-likeness (QED) is 0.735. The lowest BCUT2D eigenvalue weighted by molar-refractivity contribution is -0.117. The zero-order valence-corrected chi connectivity index (χ0v) is 14.1. The highest BCUT2D eigenvalue weighted by Gasteiger charge is 2.51. The second-order valence-electron chi connectivity index (χ2n) is 8.01. The van der Waals surface area contributed by atoms with E-state index in [9.17, 15) is 9.18 Å². The molecule has 0 N–H and O–H groups in total. The zero-order chi connectivity index (χ0) is 16.0. The van der Waals surface area contributed by atoms with Gasteiger partial charge in [0, 0.05) is 12.2 Å². The third-order valence-corrected chi connectivity index (χ3v) is 6.44. The van der Waals surface area contributed by atoms with Gasteiger partial charge in [-0.1, -0.05) is 0 Å². The number of amides is 1. The fraction of sp³-hybridized carbons (Fsp3) is 0.632. The Bertz CT molecular complexity index is 565. The minimum absolute atomic E-state index is 0.0241. The predicted octanol–water partition coefficient (Wildman–Crippen LogP) is 4.61. The van der Waals surface area contributed by atoms with Crippen LogP contribution in [0, 0.1) is 29.0 Å². The van der Waals surface area contributed by atoms with Crippen molar-refractivity contribution in [2.24, 2.45) is 23.2 Å². The van der Waals surface area contributed by atoms with E-state index in [0.717, 1.165) is 30.0 Å². The smallest absolute Gasteiger partial charge is 0.241 e. The van der Waals surface area contributed by atoms with Gasteiger partial charge >= 0.3 is 0 Å². The molecule has 0 aromatic heterocycles. The van der Waals surface area contributed by atoms with Crippen LogP contribution in [0.2, 0.25) is 0 Å². The molecule has 0 radical (unpaired) electrons. The Morgan fingerprint density at radius 3 is 2.09 bits per heavy atom. The Morgan fingerprint density at radius 1 is 1.09 bits per heavy atom. The minimum atomic E-state index is -0.276. The number of rotatable bonds is 4. The number of hydrogen-bond acceptors (Lipinski definition) is 1. The molecule has 1 aromatic carbocycles. The maximum atomic E-state index is 13.2. The Labute approximate surface area is 142 Å². The molecule has 1 amide bonds. The normalized spacial score (nSPS) is 34.6. The third kappa shape index (κ3) is 2.88. The van der Waals surface area contributed by atoms with Crippen LogP contribution in [0.5, 0.6) is 0 Å². The highest BCUT2D eigenvalue weighted by Crippen LogP contribution is 2.60. The predicted molar refractivity (Wildman–Crippen MR) is 90.1 cm³/mol. The summed E-state index contributed by atoms with van der Waals surface area (Å²) in [6.07, 6.45) is 7.89. The maximum absolute atomic E-state index is 13.2. The number of anilines is 1. The van der Waals surface area contributed by atoms with Crippen molar-refractivity contribution < 1.29 is 9.18 Å². The number of carbonyl (C=O) groups is 1. The average molecular weight is 336 g/mol. The lowest BCUT2D eigenvalue weighted by Gasteiger charge is -2.57. The molecule has 4 fully saturated rings. The van der Waals surface area contributed by atoms with Gasteiger partial charge in [-0.3, -0.25) is 4.79 Å². The molecule has 4 aliphatic rings. The molecule has 4 aliphatic carbocycles. The van der Waals surface area contributed by atoms with Crippen molar-refractivity contribution in [1.82, 2.24) is 0 Å². The summed E-state index contributed by atoms with van der Waals surface area (Å²) in [5.41, 5.74) is 1.03. The monoisotopic (exact) mass is 335 g/mol. The first-order valence-electron chi connectivity index (χ1n) is 8.69. The van der Waals surface area contributed by atoms with Gasteiger partial charge < -0.3 is 4.90 Å². The van der Waals surface area contributed by atoms with Crippen LogP contribution < -0.4 is 4.90 Å². The molecule has 4 saturated carbocycles. The number of carbonyl (C=O) groups excluding carboxylic acids is 1. The molecule has 0 aliphatic heterocycles. The summed E-state index contributed by atoms with van der Waals surface area (Å²) in [6.45, 7) is 0.744. The van der Waals surface area contributed by atoms with Crippen molar-refractivity contribution in [2.75, 3.05) is 17.3 Å². The van der Waals surface area contributed by atoms with Gasteiger partial charge in [0.05, 0.1) is 0 Å².